The average molecular weight is 422 g/mol. The van der Waals surface area contributed by atoms with Crippen LogP contribution >= 0.6 is 11.3 Å². The number of carbonyl (C=O) groups is 1. The van der Waals surface area contributed by atoms with Crippen LogP contribution in [0.5, 0.6) is 0 Å². The van der Waals surface area contributed by atoms with Gasteiger partial charge < -0.3 is 10.6 Å². The van der Waals surface area contributed by atoms with E-state index in [1.165, 1.54) is 11.3 Å². The van der Waals surface area contributed by atoms with Crippen molar-refractivity contribution in [1.82, 2.24) is 24.7 Å². The van der Waals surface area contributed by atoms with E-state index in [2.05, 4.69) is 30.7 Å². The van der Waals surface area contributed by atoms with Crippen molar-refractivity contribution in [2.24, 2.45) is 0 Å². The van der Waals surface area contributed by atoms with E-state index in [-0.39, 0.29) is 11.9 Å². The minimum atomic E-state index is -0.146. The summed E-state index contributed by atoms with van der Waals surface area (Å²) in [6.45, 7) is 6.86. The molecule has 8 nitrogen and oxygen atoms in total. The Bertz CT molecular complexity index is 1180. The molecule has 0 unspecified atom stereocenters. The molecule has 0 saturated carbocycles. The normalized spacial score (nSPS) is 12.1. The number of hydrogen-bond acceptors (Lipinski definition) is 7. The summed E-state index contributed by atoms with van der Waals surface area (Å²) >= 11 is 1.42. The maximum atomic E-state index is 12.5. The number of fused-ring (bicyclic) bond motifs is 1. The Labute approximate surface area is 178 Å². The van der Waals surface area contributed by atoms with Crippen LogP contribution in [0, 0.1) is 0 Å². The van der Waals surface area contributed by atoms with E-state index >= 15 is 0 Å². The number of aromatic nitrogens is 5. The number of nitrogens with one attached hydrogen (secondary N) is 2. The fourth-order valence-corrected chi connectivity index (χ4v) is 3.79. The van der Waals surface area contributed by atoms with E-state index in [1.54, 1.807) is 12.4 Å². The summed E-state index contributed by atoms with van der Waals surface area (Å²) in [7, 11) is 0. The number of aryl methyl sites for hydroxylation is 2. The summed E-state index contributed by atoms with van der Waals surface area (Å²) in [6, 6.07) is 7.73. The summed E-state index contributed by atoms with van der Waals surface area (Å²) in [5, 5.41) is 11.7. The Hall–Kier alpha value is -3.33. The molecule has 0 aliphatic carbocycles. The highest BCUT2D eigenvalue weighted by atomic mass is 32.1. The standard InChI is InChI=1S/C21H23N7OS/c1-4-19-23-10-17(30-19)21(29)25-15-8-6-7-14(9-15)13(3)24-18-11-22-16-12-28(5-2)27-20(16)26-18/h6-13H,4-5H2,1-3H3,(H,25,29)(H,24,26,27)/t13-/m0/s1. The molecule has 9 heteroatoms. The highest BCUT2D eigenvalue weighted by molar-refractivity contribution is 7.13. The van der Waals surface area contributed by atoms with Crippen LogP contribution in [-0.4, -0.2) is 30.6 Å². The number of anilines is 2. The Morgan fingerprint density at radius 2 is 2.10 bits per heavy atom. The molecule has 0 spiro atoms. The first kappa shape index (κ1) is 20.0. The molecule has 0 bridgehead atoms. The Morgan fingerprint density at radius 1 is 1.23 bits per heavy atom. The number of hydrogen-bond donors (Lipinski definition) is 2. The summed E-state index contributed by atoms with van der Waals surface area (Å²) in [4.78, 5) is 26.3. The predicted molar refractivity (Wildman–Crippen MR) is 119 cm³/mol. The fourth-order valence-electron chi connectivity index (χ4n) is 3.04. The zero-order valence-electron chi connectivity index (χ0n) is 17.1. The lowest BCUT2D eigenvalue weighted by Crippen LogP contribution is -2.12. The molecule has 0 saturated heterocycles. The molecule has 1 amide bonds. The quantitative estimate of drug-likeness (QED) is 0.462. The molecule has 0 aliphatic rings. The molecule has 1 aromatic carbocycles. The van der Waals surface area contributed by atoms with Crippen molar-refractivity contribution in [3.63, 3.8) is 0 Å². The van der Waals surface area contributed by atoms with E-state index in [4.69, 9.17) is 0 Å². The lowest BCUT2D eigenvalue weighted by Gasteiger charge is -2.16. The van der Waals surface area contributed by atoms with E-state index < -0.39 is 0 Å². The van der Waals surface area contributed by atoms with Crippen LogP contribution in [0.15, 0.2) is 42.9 Å². The summed E-state index contributed by atoms with van der Waals surface area (Å²) < 4.78 is 1.82. The van der Waals surface area contributed by atoms with Gasteiger partial charge >= 0.3 is 0 Å². The first-order valence-corrected chi connectivity index (χ1v) is 10.7. The number of amides is 1. The molecule has 4 rings (SSSR count). The van der Waals surface area contributed by atoms with Crippen molar-refractivity contribution in [2.75, 3.05) is 10.6 Å². The molecule has 0 radical (unpaired) electrons. The third-order valence-corrected chi connectivity index (χ3v) is 5.83. The molecule has 30 heavy (non-hydrogen) atoms. The molecule has 4 aromatic rings. The van der Waals surface area contributed by atoms with Gasteiger partial charge in [-0.05, 0) is 38.0 Å². The van der Waals surface area contributed by atoms with Crippen LogP contribution < -0.4 is 10.6 Å². The number of nitrogens with zero attached hydrogens (tertiary/aromatic N) is 5. The number of rotatable bonds is 7. The third-order valence-electron chi connectivity index (χ3n) is 4.69. The van der Waals surface area contributed by atoms with Gasteiger partial charge in [0.1, 0.15) is 16.2 Å². The van der Waals surface area contributed by atoms with Crippen molar-refractivity contribution in [3.8, 4) is 0 Å². The maximum absolute atomic E-state index is 12.5. The number of benzene rings is 1. The zero-order chi connectivity index (χ0) is 21.1. The predicted octanol–water partition coefficient (Wildman–Crippen LogP) is 4.29. The van der Waals surface area contributed by atoms with Crippen LogP contribution in [0.1, 0.15) is 47.1 Å². The molecule has 0 aliphatic heterocycles. The monoisotopic (exact) mass is 421 g/mol. The van der Waals surface area contributed by atoms with E-state index in [0.717, 1.165) is 34.7 Å². The molecule has 3 aromatic heterocycles. The van der Waals surface area contributed by atoms with E-state index in [0.29, 0.717) is 16.3 Å². The van der Waals surface area contributed by atoms with Crippen LogP contribution in [0.2, 0.25) is 0 Å². The van der Waals surface area contributed by atoms with Gasteiger partial charge in [0.15, 0.2) is 0 Å². The molecule has 0 fully saturated rings. The fraction of sp³-hybridized carbons (Fsp3) is 0.286. The van der Waals surface area contributed by atoms with Gasteiger partial charge in [-0.15, -0.1) is 11.3 Å². The summed E-state index contributed by atoms with van der Waals surface area (Å²) in [5.74, 6) is 0.510. The largest absolute Gasteiger partial charge is 0.362 e. The van der Waals surface area contributed by atoms with Crippen LogP contribution in [0.4, 0.5) is 11.5 Å². The Kier molecular flexibility index (Phi) is 5.71. The number of thiazole rings is 1. The average Bonchev–Trinajstić information content (AvgIpc) is 3.40. The van der Waals surface area contributed by atoms with Gasteiger partial charge in [-0.2, -0.15) is 5.10 Å². The SMILES string of the molecule is CCc1ncc(C(=O)Nc2cccc([C@H](C)Nc3cnc4cn(CC)nc4n3)c2)s1. The third kappa shape index (κ3) is 4.30. The van der Waals surface area contributed by atoms with Gasteiger partial charge in [0.25, 0.3) is 5.91 Å². The van der Waals surface area contributed by atoms with Crippen LogP contribution in [0.3, 0.4) is 0 Å². The van der Waals surface area contributed by atoms with Crippen molar-refractivity contribution in [2.45, 2.75) is 39.8 Å². The molecular weight excluding hydrogens is 398 g/mol. The van der Waals surface area contributed by atoms with Gasteiger partial charge in [0.05, 0.1) is 29.6 Å². The smallest absolute Gasteiger partial charge is 0.267 e. The highest BCUT2D eigenvalue weighted by Crippen LogP contribution is 2.23. The van der Waals surface area contributed by atoms with Gasteiger partial charge in [0.2, 0.25) is 5.65 Å². The second-order valence-corrected chi connectivity index (χ2v) is 7.98. The van der Waals surface area contributed by atoms with Crippen molar-refractivity contribution < 1.29 is 4.79 Å². The van der Waals surface area contributed by atoms with Crippen molar-refractivity contribution >= 4 is 39.9 Å². The zero-order valence-corrected chi connectivity index (χ0v) is 17.9. The van der Waals surface area contributed by atoms with Gasteiger partial charge in [0, 0.05) is 12.2 Å². The second kappa shape index (κ2) is 8.58. The molecule has 2 N–H and O–H groups in total. The van der Waals surface area contributed by atoms with E-state index in [1.807, 2.05) is 55.9 Å². The molecule has 1 atom stereocenters. The first-order chi connectivity index (χ1) is 14.6. The molecule has 154 valence electrons. The van der Waals surface area contributed by atoms with E-state index in [9.17, 15) is 4.79 Å². The summed E-state index contributed by atoms with van der Waals surface area (Å²) in [6.07, 6.45) is 6.04. The molecular formula is C21H23N7OS. The van der Waals surface area contributed by atoms with Gasteiger partial charge in [-0.1, -0.05) is 19.1 Å². The van der Waals surface area contributed by atoms with Crippen molar-refractivity contribution in [3.05, 3.63) is 58.3 Å². The van der Waals surface area contributed by atoms with Gasteiger partial charge in [-0.25, -0.2) is 15.0 Å². The van der Waals surface area contributed by atoms with Crippen LogP contribution in [0.25, 0.3) is 11.2 Å². The Balaban J connectivity index is 1.46. The maximum Gasteiger partial charge on any atom is 0.267 e. The highest BCUT2D eigenvalue weighted by Gasteiger charge is 2.13. The first-order valence-electron chi connectivity index (χ1n) is 9.88. The lowest BCUT2D eigenvalue weighted by atomic mass is 10.1. The number of carbonyl (C=O) groups excluding carboxylic acids is 1. The Morgan fingerprint density at radius 3 is 2.87 bits per heavy atom. The topological polar surface area (TPSA) is 97.6 Å². The minimum absolute atomic E-state index is 0.0306. The second-order valence-electron chi connectivity index (χ2n) is 6.87. The minimum Gasteiger partial charge on any atom is -0.362 e. The molecule has 3 heterocycles. The van der Waals surface area contributed by atoms with Gasteiger partial charge in [-0.3, -0.25) is 9.48 Å². The van der Waals surface area contributed by atoms with Crippen LogP contribution in [-0.2, 0) is 13.0 Å². The lowest BCUT2D eigenvalue weighted by molar-refractivity contribution is 0.103. The summed E-state index contributed by atoms with van der Waals surface area (Å²) in [5.41, 5.74) is 3.15. The van der Waals surface area contributed by atoms with Crippen molar-refractivity contribution in [1.29, 1.82) is 0 Å².